The van der Waals surface area contributed by atoms with Gasteiger partial charge in [0.25, 0.3) is 5.91 Å². The quantitative estimate of drug-likeness (QED) is 0.938. The van der Waals surface area contributed by atoms with Crippen molar-refractivity contribution in [1.82, 2.24) is 9.88 Å². The SMILES string of the molecule is Cc1nc(C(=O)N(C)Cc2ccc(Cl)s2)ccc1C(=O)O. The second-order valence-corrected chi connectivity index (χ2v) is 6.30. The van der Waals surface area contributed by atoms with Gasteiger partial charge in [0.05, 0.1) is 22.1 Å². The molecule has 0 unspecified atom stereocenters. The van der Waals surface area contributed by atoms with Crippen LogP contribution >= 0.6 is 22.9 Å². The van der Waals surface area contributed by atoms with Crippen LogP contribution in [0.3, 0.4) is 0 Å². The average molecular weight is 325 g/mol. The summed E-state index contributed by atoms with van der Waals surface area (Å²) < 4.78 is 0.672. The Morgan fingerprint density at radius 3 is 2.57 bits per heavy atom. The third-order valence-electron chi connectivity index (χ3n) is 2.90. The molecule has 2 heterocycles. The van der Waals surface area contributed by atoms with E-state index >= 15 is 0 Å². The molecule has 2 aromatic rings. The molecule has 0 bridgehead atoms. The molecule has 2 aromatic heterocycles. The first-order valence-corrected chi connectivity index (χ1v) is 7.28. The molecule has 0 radical (unpaired) electrons. The first-order chi connectivity index (χ1) is 9.88. The highest BCUT2D eigenvalue weighted by Gasteiger charge is 2.17. The molecule has 0 saturated heterocycles. The molecule has 0 atom stereocenters. The molecule has 21 heavy (non-hydrogen) atoms. The van der Waals surface area contributed by atoms with Crippen molar-refractivity contribution in [2.75, 3.05) is 7.05 Å². The van der Waals surface area contributed by atoms with Crippen molar-refractivity contribution in [3.63, 3.8) is 0 Å². The van der Waals surface area contributed by atoms with Gasteiger partial charge in [-0.25, -0.2) is 9.78 Å². The zero-order chi connectivity index (χ0) is 15.6. The minimum atomic E-state index is -1.06. The molecule has 2 rings (SSSR count). The van der Waals surface area contributed by atoms with Gasteiger partial charge in [0.1, 0.15) is 5.69 Å². The van der Waals surface area contributed by atoms with Crippen molar-refractivity contribution in [3.05, 3.63) is 50.4 Å². The number of carbonyl (C=O) groups excluding carboxylic acids is 1. The molecule has 0 aromatic carbocycles. The number of carboxylic acids is 1. The molecule has 0 aliphatic rings. The fourth-order valence-corrected chi connectivity index (χ4v) is 2.99. The molecule has 5 nitrogen and oxygen atoms in total. The van der Waals surface area contributed by atoms with Crippen LogP contribution in [-0.2, 0) is 6.54 Å². The van der Waals surface area contributed by atoms with Crippen molar-refractivity contribution >= 4 is 34.8 Å². The zero-order valence-electron chi connectivity index (χ0n) is 11.5. The predicted octanol–water partition coefficient (Wildman–Crippen LogP) is 3.08. The number of pyridine rings is 1. The Kier molecular flexibility index (Phi) is 4.59. The third kappa shape index (κ3) is 3.59. The highest BCUT2D eigenvalue weighted by atomic mass is 35.5. The molecular weight excluding hydrogens is 312 g/mol. The van der Waals surface area contributed by atoms with E-state index in [2.05, 4.69) is 4.98 Å². The Hall–Kier alpha value is -1.92. The summed E-state index contributed by atoms with van der Waals surface area (Å²) in [6.45, 7) is 2.00. The van der Waals surface area contributed by atoms with Crippen molar-refractivity contribution in [2.45, 2.75) is 13.5 Å². The van der Waals surface area contributed by atoms with E-state index < -0.39 is 5.97 Å². The smallest absolute Gasteiger partial charge is 0.337 e. The second kappa shape index (κ2) is 6.24. The van der Waals surface area contributed by atoms with E-state index in [1.54, 1.807) is 20.0 Å². The third-order valence-corrected chi connectivity index (χ3v) is 4.12. The summed E-state index contributed by atoms with van der Waals surface area (Å²) in [5, 5.41) is 8.96. The fourth-order valence-electron chi connectivity index (χ4n) is 1.84. The molecule has 0 spiro atoms. The Morgan fingerprint density at radius 1 is 1.33 bits per heavy atom. The number of amides is 1. The maximum atomic E-state index is 12.3. The zero-order valence-corrected chi connectivity index (χ0v) is 13.0. The van der Waals surface area contributed by atoms with Gasteiger partial charge < -0.3 is 10.0 Å². The minimum absolute atomic E-state index is 0.0965. The Bertz CT molecular complexity index is 699. The van der Waals surface area contributed by atoms with Crippen LogP contribution in [0, 0.1) is 6.92 Å². The number of halogens is 1. The average Bonchev–Trinajstić information content (AvgIpc) is 2.82. The number of aromatic nitrogens is 1. The van der Waals surface area contributed by atoms with E-state index in [-0.39, 0.29) is 17.2 Å². The molecule has 7 heteroatoms. The lowest BCUT2D eigenvalue weighted by Gasteiger charge is -2.16. The van der Waals surface area contributed by atoms with E-state index in [0.29, 0.717) is 16.6 Å². The Balaban J connectivity index is 2.15. The van der Waals surface area contributed by atoms with Gasteiger partial charge in [-0.2, -0.15) is 0 Å². The first-order valence-electron chi connectivity index (χ1n) is 6.09. The monoisotopic (exact) mass is 324 g/mol. The summed E-state index contributed by atoms with van der Waals surface area (Å²) in [4.78, 5) is 29.8. The molecule has 0 aliphatic heterocycles. The molecule has 1 N–H and O–H groups in total. The summed E-state index contributed by atoms with van der Waals surface area (Å²) in [7, 11) is 1.66. The molecular formula is C14H13ClN2O3S. The number of nitrogens with zero attached hydrogens (tertiary/aromatic N) is 2. The van der Waals surface area contributed by atoms with Crippen LogP contribution in [0.5, 0.6) is 0 Å². The lowest BCUT2D eigenvalue weighted by Crippen LogP contribution is -2.27. The molecule has 0 saturated carbocycles. The molecule has 1 amide bonds. The van der Waals surface area contributed by atoms with Crippen LogP contribution in [0.4, 0.5) is 0 Å². The maximum Gasteiger partial charge on any atom is 0.337 e. The fraction of sp³-hybridized carbons (Fsp3) is 0.214. The summed E-state index contributed by atoms with van der Waals surface area (Å²) in [5.41, 5.74) is 0.641. The van der Waals surface area contributed by atoms with Crippen molar-refractivity contribution in [1.29, 1.82) is 0 Å². The maximum absolute atomic E-state index is 12.3. The van der Waals surface area contributed by atoms with Crippen LogP contribution in [0.15, 0.2) is 24.3 Å². The first kappa shape index (κ1) is 15.5. The van der Waals surface area contributed by atoms with Gasteiger partial charge in [-0.05, 0) is 31.2 Å². The van der Waals surface area contributed by atoms with E-state index in [9.17, 15) is 9.59 Å². The number of hydrogen-bond donors (Lipinski definition) is 1. The van der Waals surface area contributed by atoms with Gasteiger partial charge in [0, 0.05) is 11.9 Å². The lowest BCUT2D eigenvalue weighted by atomic mass is 10.2. The van der Waals surface area contributed by atoms with Crippen LogP contribution in [-0.4, -0.2) is 33.9 Å². The number of carbonyl (C=O) groups is 2. The molecule has 0 aliphatic carbocycles. The van der Waals surface area contributed by atoms with Crippen LogP contribution in [0.2, 0.25) is 4.34 Å². The standard InChI is InChI=1S/C14H13ClN2O3S/c1-8-10(14(19)20)4-5-11(16-8)13(18)17(2)7-9-3-6-12(15)21-9/h3-6H,7H2,1-2H3,(H,19,20). The molecule has 110 valence electrons. The summed E-state index contributed by atoms with van der Waals surface area (Å²) in [6.07, 6.45) is 0. The topological polar surface area (TPSA) is 70.5 Å². The summed E-state index contributed by atoms with van der Waals surface area (Å²) in [5.74, 6) is -1.32. The largest absolute Gasteiger partial charge is 0.478 e. The highest BCUT2D eigenvalue weighted by Crippen LogP contribution is 2.22. The van der Waals surface area contributed by atoms with E-state index in [4.69, 9.17) is 16.7 Å². The predicted molar refractivity (Wildman–Crippen MR) is 81.1 cm³/mol. The Morgan fingerprint density at radius 2 is 2.05 bits per heavy atom. The second-order valence-electron chi connectivity index (χ2n) is 4.50. The normalized spacial score (nSPS) is 10.4. The summed E-state index contributed by atoms with van der Waals surface area (Å²) in [6, 6.07) is 6.47. The van der Waals surface area contributed by atoms with Crippen molar-refractivity contribution in [2.24, 2.45) is 0 Å². The van der Waals surface area contributed by atoms with E-state index in [1.165, 1.54) is 28.4 Å². The number of hydrogen-bond acceptors (Lipinski definition) is 4. The lowest BCUT2D eigenvalue weighted by molar-refractivity contribution is 0.0693. The van der Waals surface area contributed by atoms with Crippen molar-refractivity contribution in [3.8, 4) is 0 Å². The van der Waals surface area contributed by atoms with Gasteiger partial charge in [0.2, 0.25) is 0 Å². The van der Waals surface area contributed by atoms with E-state index in [1.807, 2.05) is 6.07 Å². The number of carboxylic acid groups (broad SMARTS) is 1. The number of aromatic carboxylic acids is 1. The minimum Gasteiger partial charge on any atom is -0.478 e. The van der Waals surface area contributed by atoms with Crippen LogP contribution < -0.4 is 0 Å². The summed E-state index contributed by atoms with van der Waals surface area (Å²) >= 11 is 7.27. The van der Waals surface area contributed by atoms with Gasteiger partial charge in [-0.15, -0.1) is 11.3 Å². The highest BCUT2D eigenvalue weighted by molar-refractivity contribution is 7.16. The van der Waals surface area contributed by atoms with Gasteiger partial charge in [-0.3, -0.25) is 4.79 Å². The van der Waals surface area contributed by atoms with Crippen LogP contribution in [0.1, 0.15) is 31.4 Å². The van der Waals surface area contributed by atoms with Gasteiger partial charge in [-0.1, -0.05) is 11.6 Å². The number of rotatable bonds is 4. The number of thiophene rings is 1. The Labute approximate surface area is 130 Å². The van der Waals surface area contributed by atoms with Crippen molar-refractivity contribution < 1.29 is 14.7 Å². The van der Waals surface area contributed by atoms with Crippen LogP contribution in [0.25, 0.3) is 0 Å². The van der Waals surface area contributed by atoms with E-state index in [0.717, 1.165) is 4.88 Å². The van der Waals surface area contributed by atoms with Gasteiger partial charge in [0.15, 0.2) is 0 Å². The number of aryl methyl sites for hydroxylation is 1. The molecule has 0 fully saturated rings. The van der Waals surface area contributed by atoms with Gasteiger partial charge >= 0.3 is 5.97 Å².